The van der Waals surface area contributed by atoms with Gasteiger partial charge in [-0.15, -0.1) is 11.3 Å². The van der Waals surface area contributed by atoms with Crippen LogP contribution in [0.1, 0.15) is 25.5 Å². The van der Waals surface area contributed by atoms with Crippen molar-refractivity contribution in [2.75, 3.05) is 10.6 Å². The number of amides is 2. The van der Waals surface area contributed by atoms with E-state index in [1.54, 1.807) is 18.5 Å². The Morgan fingerprint density at radius 1 is 1.22 bits per heavy atom. The second kappa shape index (κ2) is 6.62. The highest BCUT2D eigenvalue weighted by Crippen LogP contribution is 2.32. The number of anilines is 2. The molecule has 0 aliphatic carbocycles. The number of aromatic nitrogens is 2. The van der Waals surface area contributed by atoms with Crippen molar-refractivity contribution in [2.45, 2.75) is 19.8 Å². The largest absolute Gasteiger partial charge is 0.338 e. The zero-order chi connectivity index (χ0) is 16.2. The lowest BCUT2D eigenvalue weighted by atomic mass is 10.1. The van der Waals surface area contributed by atoms with Crippen LogP contribution < -0.4 is 10.6 Å². The predicted molar refractivity (Wildman–Crippen MR) is 90.8 cm³/mol. The first kappa shape index (κ1) is 15.2. The van der Waals surface area contributed by atoms with Gasteiger partial charge in [0.05, 0.1) is 5.69 Å². The smallest absolute Gasteiger partial charge is 0.326 e. The molecule has 0 aliphatic rings. The quantitative estimate of drug-likeness (QED) is 0.735. The fourth-order valence-corrected chi connectivity index (χ4v) is 2.84. The van der Waals surface area contributed by atoms with E-state index in [4.69, 9.17) is 4.52 Å². The number of carbonyl (C=O) groups excluding carboxylic acids is 1. The molecule has 0 unspecified atom stereocenters. The molecule has 3 heterocycles. The number of thiophene rings is 1. The van der Waals surface area contributed by atoms with Crippen LogP contribution >= 0.6 is 11.3 Å². The van der Waals surface area contributed by atoms with Crippen LogP contribution in [-0.2, 0) is 0 Å². The van der Waals surface area contributed by atoms with Crippen LogP contribution in [0.5, 0.6) is 0 Å². The molecule has 0 aliphatic heterocycles. The van der Waals surface area contributed by atoms with Crippen LogP contribution in [0.15, 0.2) is 46.6 Å². The molecule has 0 spiro atoms. The topological polar surface area (TPSA) is 80.0 Å². The number of nitrogens with zero attached hydrogens (tertiary/aromatic N) is 2. The Morgan fingerprint density at radius 3 is 2.70 bits per heavy atom. The van der Waals surface area contributed by atoms with E-state index in [1.165, 1.54) is 11.3 Å². The number of pyridine rings is 1. The predicted octanol–water partition coefficient (Wildman–Crippen LogP) is 4.57. The van der Waals surface area contributed by atoms with Crippen LogP contribution in [0.2, 0.25) is 0 Å². The van der Waals surface area contributed by atoms with Gasteiger partial charge in [-0.3, -0.25) is 15.6 Å². The summed E-state index contributed by atoms with van der Waals surface area (Å²) in [6, 6.07) is 7.12. The molecule has 0 radical (unpaired) electrons. The van der Waals surface area contributed by atoms with Crippen molar-refractivity contribution in [3.05, 3.63) is 47.7 Å². The highest BCUT2D eigenvalue weighted by atomic mass is 32.1. The minimum absolute atomic E-state index is 0.243. The second-order valence-corrected chi connectivity index (χ2v) is 6.17. The minimum atomic E-state index is -0.366. The molecular formula is C16H16N4O2S. The van der Waals surface area contributed by atoms with Crippen molar-refractivity contribution >= 4 is 28.3 Å². The van der Waals surface area contributed by atoms with Crippen molar-refractivity contribution in [2.24, 2.45) is 0 Å². The minimum Gasteiger partial charge on any atom is -0.338 e. The Bertz CT molecular complexity index is 795. The van der Waals surface area contributed by atoms with Gasteiger partial charge in [-0.05, 0) is 35.1 Å². The van der Waals surface area contributed by atoms with E-state index in [-0.39, 0.29) is 11.9 Å². The molecule has 0 aromatic carbocycles. The van der Waals surface area contributed by atoms with Crippen LogP contribution in [0.3, 0.4) is 0 Å². The lowest BCUT2D eigenvalue weighted by Crippen LogP contribution is -2.18. The average molecular weight is 328 g/mol. The van der Waals surface area contributed by atoms with Crippen molar-refractivity contribution in [1.29, 1.82) is 0 Å². The fourth-order valence-electron chi connectivity index (χ4n) is 2.03. The van der Waals surface area contributed by atoms with Gasteiger partial charge >= 0.3 is 6.03 Å². The number of rotatable bonds is 4. The summed E-state index contributed by atoms with van der Waals surface area (Å²) in [4.78, 5) is 16.1. The molecule has 2 amide bonds. The summed E-state index contributed by atoms with van der Waals surface area (Å²) in [5.74, 6) is 0.571. The third-order valence-electron chi connectivity index (χ3n) is 3.24. The van der Waals surface area contributed by atoms with E-state index in [0.29, 0.717) is 5.88 Å². The first-order chi connectivity index (χ1) is 11.1. The number of hydrogen-bond donors (Lipinski definition) is 2. The van der Waals surface area contributed by atoms with E-state index in [1.807, 2.05) is 37.4 Å². The summed E-state index contributed by atoms with van der Waals surface area (Å²) in [6.45, 7) is 4.02. The van der Waals surface area contributed by atoms with Gasteiger partial charge in [-0.25, -0.2) is 4.79 Å². The SMILES string of the molecule is CC(C)c1cc(NC(=O)Nc2sccc2-c2ccncc2)on1. The van der Waals surface area contributed by atoms with Gasteiger partial charge in [0.1, 0.15) is 5.00 Å². The molecule has 118 valence electrons. The van der Waals surface area contributed by atoms with Gasteiger partial charge in [0.25, 0.3) is 0 Å². The normalized spacial score (nSPS) is 10.7. The van der Waals surface area contributed by atoms with Gasteiger partial charge < -0.3 is 4.52 Å². The fraction of sp³-hybridized carbons (Fsp3) is 0.188. The molecule has 0 fully saturated rings. The Morgan fingerprint density at radius 2 is 2.00 bits per heavy atom. The summed E-state index contributed by atoms with van der Waals surface area (Å²) in [5, 5.41) is 12.1. The van der Waals surface area contributed by atoms with Crippen LogP contribution in [-0.4, -0.2) is 16.2 Å². The molecule has 3 rings (SSSR count). The van der Waals surface area contributed by atoms with E-state index in [0.717, 1.165) is 21.8 Å². The zero-order valence-electron chi connectivity index (χ0n) is 12.7. The Kier molecular flexibility index (Phi) is 4.38. The summed E-state index contributed by atoms with van der Waals surface area (Å²) < 4.78 is 5.10. The highest BCUT2D eigenvalue weighted by Gasteiger charge is 2.13. The van der Waals surface area contributed by atoms with E-state index < -0.39 is 0 Å². The maximum absolute atomic E-state index is 12.1. The van der Waals surface area contributed by atoms with Crippen molar-refractivity contribution in [3.8, 4) is 11.1 Å². The van der Waals surface area contributed by atoms with Crippen molar-refractivity contribution in [1.82, 2.24) is 10.1 Å². The lowest BCUT2D eigenvalue weighted by Gasteiger charge is -2.06. The van der Waals surface area contributed by atoms with Crippen molar-refractivity contribution in [3.63, 3.8) is 0 Å². The molecular weight excluding hydrogens is 312 g/mol. The van der Waals surface area contributed by atoms with Crippen molar-refractivity contribution < 1.29 is 9.32 Å². The standard InChI is InChI=1S/C16H16N4O2S/c1-10(2)13-9-14(22-20-13)18-16(21)19-15-12(5-8-23-15)11-3-6-17-7-4-11/h3-10H,1-2H3,(H2,18,19,21). The maximum atomic E-state index is 12.1. The van der Waals surface area contributed by atoms with Gasteiger partial charge in [-0.1, -0.05) is 19.0 Å². The lowest BCUT2D eigenvalue weighted by molar-refractivity contribution is 0.261. The van der Waals surface area contributed by atoms with Crippen LogP contribution in [0, 0.1) is 0 Å². The second-order valence-electron chi connectivity index (χ2n) is 5.25. The third kappa shape index (κ3) is 3.57. The van der Waals surface area contributed by atoms with E-state index >= 15 is 0 Å². The van der Waals surface area contributed by atoms with E-state index in [9.17, 15) is 4.79 Å². The van der Waals surface area contributed by atoms with Gasteiger partial charge in [0, 0.05) is 24.0 Å². The summed E-state index contributed by atoms with van der Waals surface area (Å²) in [5.41, 5.74) is 2.75. The number of carbonyl (C=O) groups is 1. The molecule has 0 saturated carbocycles. The van der Waals surface area contributed by atoms with E-state index in [2.05, 4.69) is 20.8 Å². The molecule has 3 aromatic rings. The molecule has 6 nitrogen and oxygen atoms in total. The molecule has 3 aromatic heterocycles. The Balaban J connectivity index is 1.70. The third-order valence-corrected chi connectivity index (χ3v) is 4.07. The van der Waals surface area contributed by atoms with Gasteiger partial charge in [0.2, 0.25) is 5.88 Å². The summed E-state index contributed by atoms with van der Waals surface area (Å²) in [7, 11) is 0. The summed E-state index contributed by atoms with van der Waals surface area (Å²) in [6.07, 6.45) is 3.44. The van der Waals surface area contributed by atoms with Gasteiger partial charge in [-0.2, -0.15) is 0 Å². The number of hydrogen-bond acceptors (Lipinski definition) is 5. The Labute approximate surface area is 137 Å². The molecule has 7 heteroatoms. The van der Waals surface area contributed by atoms with Gasteiger partial charge in [0.15, 0.2) is 0 Å². The maximum Gasteiger partial charge on any atom is 0.326 e. The zero-order valence-corrected chi connectivity index (χ0v) is 13.6. The first-order valence-electron chi connectivity index (χ1n) is 7.16. The monoisotopic (exact) mass is 328 g/mol. The van der Waals surface area contributed by atoms with Crippen LogP contribution in [0.4, 0.5) is 15.7 Å². The highest BCUT2D eigenvalue weighted by molar-refractivity contribution is 7.15. The Hall–Kier alpha value is -2.67. The van der Waals surface area contributed by atoms with Crippen LogP contribution in [0.25, 0.3) is 11.1 Å². The summed E-state index contributed by atoms with van der Waals surface area (Å²) >= 11 is 1.45. The molecule has 23 heavy (non-hydrogen) atoms. The first-order valence-corrected chi connectivity index (χ1v) is 8.04. The number of urea groups is 1. The molecule has 0 saturated heterocycles. The number of nitrogens with one attached hydrogen (secondary N) is 2. The molecule has 2 N–H and O–H groups in total. The molecule has 0 atom stereocenters. The molecule has 0 bridgehead atoms. The average Bonchev–Trinajstić information content (AvgIpc) is 3.17.